The van der Waals surface area contributed by atoms with Crippen LogP contribution in [0.4, 0.5) is 11.4 Å². The van der Waals surface area contributed by atoms with Crippen LogP contribution in [-0.4, -0.2) is 36.0 Å². The number of hydrogen-bond donors (Lipinski definition) is 0. The van der Waals surface area contributed by atoms with Crippen molar-refractivity contribution in [2.75, 3.05) is 16.5 Å². The highest BCUT2D eigenvalue weighted by Crippen LogP contribution is 2.40. The summed E-state index contributed by atoms with van der Waals surface area (Å²) in [6.45, 7) is 3.72. The minimum absolute atomic E-state index is 0.0571. The lowest BCUT2D eigenvalue weighted by Crippen LogP contribution is -2.39. The number of carbonyl (C=O) groups is 3. The second-order valence-corrected chi connectivity index (χ2v) is 7.11. The molecule has 7 nitrogen and oxygen atoms in total. The number of ether oxygens (including phenoxy) is 1. The highest BCUT2D eigenvalue weighted by Gasteiger charge is 2.58. The number of hydrogen-bond acceptors (Lipinski definition) is 6. The van der Waals surface area contributed by atoms with Gasteiger partial charge in [-0.15, -0.1) is 0 Å². The summed E-state index contributed by atoms with van der Waals surface area (Å²) in [6, 6.07) is 12.6. The van der Waals surface area contributed by atoms with Gasteiger partial charge in [-0.1, -0.05) is 23.7 Å². The van der Waals surface area contributed by atoms with E-state index in [4.69, 9.17) is 16.3 Å². The zero-order valence-corrected chi connectivity index (χ0v) is 16.6. The molecule has 0 saturated carbocycles. The lowest BCUT2D eigenvalue weighted by molar-refractivity contribution is -0.122. The van der Waals surface area contributed by atoms with E-state index < -0.39 is 23.8 Å². The smallest absolute Gasteiger partial charge is 0.259 e. The van der Waals surface area contributed by atoms with Gasteiger partial charge in [0.05, 0.1) is 23.0 Å². The summed E-state index contributed by atoms with van der Waals surface area (Å²) < 4.78 is 5.41. The van der Waals surface area contributed by atoms with Crippen LogP contribution in [0.1, 0.15) is 13.8 Å². The van der Waals surface area contributed by atoms with Crippen molar-refractivity contribution < 1.29 is 19.1 Å². The normalized spacial score (nSPS) is 20.7. The Morgan fingerprint density at radius 2 is 1.79 bits per heavy atom. The SMILES string of the molecule is CCOc1ccc(N2C(=O)[C@H]3C(C(C)=O)=NN(c4ccccc4Cl)[C@H]3C2=O)cc1. The van der Waals surface area contributed by atoms with Crippen LogP contribution in [0.3, 0.4) is 0 Å². The van der Waals surface area contributed by atoms with Gasteiger partial charge in [-0.2, -0.15) is 5.10 Å². The van der Waals surface area contributed by atoms with Crippen LogP contribution < -0.4 is 14.6 Å². The molecule has 2 atom stereocenters. The van der Waals surface area contributed by atoms with E-state index in [1.54, 1.807) is 48.5 Å². The molecule has 0 radical (unpaired) electrons. The van der Waals surface area contributed by atoms with Gasteiger partial charge < -0.3 is 4.74 Å². The summed E-state index contributed by atoms with van der Waals surface area (Å²) in [4.78, 5) is 39.7. The third-order valence-electron chi connectivity index (χ3n) is 4.92. The zero-order chi connectivity index (χ0) is 20.7. The van der Waals surface area contributed by atoms with E-state index in [2.05, 4.69) is 5.10 Å². The number of ketones is 1. The lowest BCUT2D eigenvalue weighted by atomic mass is 9.95. The summed E-state index contributed by atoms with van der Waals surface area (Å²) in [5.74, 6) is -1.62. The molecule has 2 aliphatic rings. The van der Waals surface area contributed by atoms with Crippen LogP contribution in [0, 0.1) is 5.92 Å². The Labute approximate surface area is 172 Å². The third kappa shape index (κ3) is 3.07. The van der Waals surface area contributed by atoms with Crippen molar-refractivity contribution in [1.29, 1.82) is 0 Å². The maximum Gasteiger partial charge on any atom is 0.259 e. The Bertz CT molecular complexity index is 1030. The number of imide groups is 1. The molecule has 2 aliphatic heterocycles. The van der Waals surface area contributed by atoms with E-state index in [9.17, 15) is 14.4 Å². The summed E-state index contributed by atoms with van der Waals surface area (Å²) in [5.41, 5.74) is 0.941. The second-order valence-electron chi connectivity index (χ2n) is 6.70. The Balaban J connectivity index is 1.75. The first-order valence-corrected chi connectivity index (χ1v) is 9.55. The molecule has 0 N–H and O–H groups in total. The Kier molecular flexibility index (Phi) is 4.84. The number of halogens is 1. The van der Waals surface area contributed by atoms with Gasteiger partial charge in [0, 0.05) is 6.92 Å². The molecule has 0 spiro atoms. The molecule has 29 heavy (non-hydrogen) atoms. The van der Waals surface area contributed by atoms with Crippen LogP contribution in [0.15, 0.2) is 53.6 Å². The number of para-hydroxylation sites is 1. The minimum atomic E-state index is -0.970. The van der Waals surface area contributed by atoms with Crippen LogP contribution in [0.25, 0.3) is 0 Å². The van der Waals surface area contributed by atoms with Gasteiger partial charge in [-0.05, 0) is 43.3 Å². The second kappa shape index (κ2) is 7.33. The fraction of sp³-hybridized carbons (Fsp3) is 0.238. The van der Waals surface area contributed by atoms with E-state index in [1.165, 1.54) is 11.9 Å². The quantitative estimate of drug-likeness (QED) is 0.706. The van der Waals surface area contributed by atoms with Gasteiger partial charge in [-0.3, -0.25) is 14.4 Å². The minimum Gasteiger partial charge on any atom is -0.494 e. The van der Waals surface area contributed by atoms with Crippen molar-refractivity contribution in [3.63, 3.8) is 0 Å². The van der Waals surface area contributed by atoms with E-state index >= 15 is 0 Å². The van der Waals surface area contributed by atoms with Crippen molar-refractivity contribution in [3.05, 3.63) is 53.6 Å². The van der Waals surface area contributed by atoms with Crippen LogP contribution in [0.5, 0.6) is 5.75 Å². The van der Waals surface area contributed by atoms with Gasteiger partial charge in [0.1, 0.15) is 23.4 Å². The van der Waals surface area contributed by atoms with Crippen molar-refractivity contribution in [2.45, 2.75) is 19.9 Å². The Hall–Kier alpha value is -3.19. The van der Waals surface area contributed by atoms with E-state index in [1.807, 2.05) is 6.92 Å². The topological polar surface area (TPSA) is 79.3 Å². The fourth-order valence-corrected chi connectivity index (χ4v) is 3.88. The third-order valence-corrected chi connectivity index (χ3v) is 5.23. The first kappa shape index (κ1) is 19.1. The number of carbonyl (C=O) groups excluding carboxylic acids is 3. The molecular weight excluding hydrogens is 394 g/mol. The average molecular weight is 412 g/mol. The number of nitrogens with zero attached hydrogens (tertiary/aromatic N) is 3. The van der Waals surface area contributed by atoms with Crippen molar-refractivity contribution in [2.24, 2.45) is 11.0 Å². The van der Waals surface area contributed by atoms with Crippen LogP contribution in [0.2, 0.25) is 5.02 Å². The molecule has 2 aromatic rings. The summed E-state index contributed by atoms with van der Waals surface area (Å²) in [6.07, 6.45) is 0. The molecule has 2 aromatic carbocycles. The molecule has 1 fully saturated rings. The Morgan fingerprint density at radius 3 is 2.41 bits per heavy atom. The molecule has 8 heteroatoms. The molecule has 0 aromatic heterocycles. The molecule has 1 saturated heterocycles. The lowest BCUT2D eigenvalue weighted by Gasteiger charge is -2.23. The molecular formula is C21H18ClN3O4. The average Bonchev–Trinajstić information content (AvgIpc) is 3.21. The summed E-state index contributed by atoms with van der Waals surface area (Å²) in [7, 11) is 0. The largest absolute Gasteiger partial charge is 0.494 e. The number of rotatable bonds is 5. The molecule has 0 aliphatic carbocycles. The number of amides is 2. The van der Waals surface area contributed by atoms with Crippen LogP contribution in [-0.2, 0) is 14.4 Å². The maximum atomic E-state index is 13.3. The van der Waals surface area contributed by atoms with E-state index in [-0.39, 0.29) is 11.5 Å². The number of Topliss-reactive ketones (excluding diaryl/α,β-unsaturated/α-hetero) is 1. The fourth-order valence-electron chi connectivity index (χ4n) is 3.65. The van der Waals surface area contributed by atoms with Gasteiger partial charge in [0.15, 0.2) is 5.78 Å². The molecule has 148 valence electrons. The van der Waals surface area contributed by atoms with Crippen LogP contribution >= 0.6 is 11.6 Å². The van der Waals surface area contributed by atoms with Gasteiger partial charge in [-0.25, -0.2) is 9.91 Å². The van der Waals surface area contributed by atoms with Crippen molar-refractivity contribution in [3.8, 4) is 5.75 Å². The van der Waals surface area contributed by atoms with Gasteiger partial charge >= 0.3 is 0 Å². The number of fused-ring (bicyclic) bond motifs is 1. The monoisotopic (exact) mass is 411 g/mol. The number of anilines is 2. The summed E-state index contributed by atoms with van der Waals surface area (Å²) >= 11 is 6.29. The molecule has 2 amide bonds. The molecule has 0 bridgehead atoms. The molecule has 4 rings (SSSR count). The van der Waals surface area contributed by atoms with E-state index in [0.29, 0.717) is 28.8 Å². The van der Waals surface area contributed by atoms with E-state index in [0.717, 1.165) is 4.90 Å². The molecule has 0 unspecified atom stereocenters. The predicted octanol–water partition coefficient (Wildman–Crippen LogP) is 3.06. The highest BCUT2D eigenvalue weighted by molar-refractivity contribution is 6.49. The first-order valence-electron chi connectivity index (χ1n) is 9.18. The maximum absolute atomic E-state index is 13.3. The Morgan fingerprint density at radius 1 is 1.10 bits per heavy atom. The summed E-state index contributed by atoms with van der Waals surface area (Å²) in [5, 5.41) is 6.06. The predicted molar refractivity (Wildman–Crippen MR) is 109 cm³/mol. The van der Waals surface area contributed by atoms with Crippen molar-refractivity contribution >= 4 is 46.3 Å². The number of benzene rings is 2. The highest BCUT2D eigenvalue weighted by atomic mass is 35.5. The number of hydrazone groups is 1. The van der Waals surface area contributed by atoms with Gasteiger partial charge in [0.2, 0.25) is 5.91 Å². The molecule has 2 heterocycles. The zero-order valence-electron chi connectivity index (χ0n) is 15.8. The standard InChI is InChI=1S/C21H18ClN3O4/c1-3-29-14-10-8-13(9-11-14)24-20(27)17-18(12(2)26)23-25(19(17)21(24)28)16-7-5-4-6-15(16)22/h4-11,17,19H,3H2,1-2H3/t17-,19+/m0/s1. The van der Waals surface area contributed by atoms with Crippen molar-refractivity contribution in [1.82, 2.24) is 0 Å². The first-order chi connectivity index (χ1) is 13.9. The van der Waals surface area contributed by atoms with Gasteiger partial charge in [0.25, 0.3) is 5.91 Å².